The highest BCUT2D eigenvalue weighted by molar-refractivity contribution is 5.69. The highest BCUT2D eigenvalue weighted by Crippen LogP contribution is 2.19. The molecule has 0 radical (unpaired) electrons. The van der Waals surface area contributed by atoms with E-state index in [2.05, 4.69) is 15.3 Å². The molecule has 0 saturated heterocycles. The molecule has 76 valence electrons. The van der Waals surface area contributed by atoms with E-state index in [4.69, 9.17) is 5.73 Å². The van der Waals surface area contributed by atoms with E-state index in [1.54, 1.807) is 18.5 Å². The number of nitrogens with zero attached hydrogens (tertiary/aromatic N) is 2. The van der Waals surface area contributed by atoms with Crippen molar-refractivity contribution in [1.29, 1.82) is 0 Å². The summed E-state index contributed by atoms with van der Waals surface area (Å²) in [4.78, 5) is 7.76. The molecule has 15 heavy (non-hydrogen) atoms. The van der Waals surface area contributed by atoms with E-state index >= 15 is 0 Å². The number of rotatable bonds is 2. The summed E-state index contributed by atoms with van der Waals surface area (Å²) in [5.41, 5.74) is 6.91. The molecule has 2 aromatic heterocycles. The topological polar surface area (TPSA) is 63.8 Å². The number of halogens is 1. The molecule has 0 spiro atoms. The van der Waals surface area contributed by atoms with Crippen LogP contribution in [0.5, 0.6) is 0 Å². The van der Waals surface area contributed by atoms with Gasteiger partial charge in [-0.25, -0.2) is 9.37 Å². The molecule has 0 aliphatic heterocycles. The van der Waals surface area contributed by atoms with Crippen LogP contribution in [0.2, 0.25) is 0 Å². The molecule has 0 aliphatic rings. The molecule has 0 aromatic carbocycles. The molecule has 5 heteroatoms. The maximum Gasteiger partial charge on any atom is 0.141 e. The zero-order valence-corrected chi connectivity index (χ0v) is 7.81. The van der Waals surface area contributed by atoms with Crippen molar-refractivity contribution in [3.8, 4) is 0 Å². The minimum Gasteiger partial charge on any atom is -0.397 e. The van der Waals surface area contributed by atoms with Gasteiger partial charge in [0.2, 0.25) is 0 Å². The number of pyridine rings is 2. The Kier molecular flexibility index (Phi) is 2.45. The van der Waals surface area contributed by atoms with E-state index in [0.29, 0.717) is 17.2 Å². The number of nitrogens with one attached hydrogen (secondary N) is 1. The maximum absolute atomic E-state index is 12.6. The summed E-state index contributed by atoms with van der Waals surface area (Å²) in [5.74, 6) is 0.149. The minimum atomic E-state index is -0.375. The molecular formula is C10H9FN4. The van der Waals surface area contributed by atoms with Crippen LogP contribution in [0.3, 0.4) is 0 Å². The maximum atomic E-state index is 12.6. The van der Waals surface area contributed by atoms with Gasteiger partial charge in [-0.15, -0.1) is 0 Å². The van der Waals surface area contributed by atoms with Crippen LogP contribution in [0.4, 0.5) is 21.6 Å². The lowest BCUT2D eigenvalue weighted by Gasteiger charge is -2.06. The van der Waals surface area contributed by atoms with Gasteiger partial charge in [-0.2, -0.15) is 0 Å². The molecule has 2 heterocycles. The van der Waals surface area contributed by atoms with Gasteiger partial charge in [-0.1, -0.05) is 0 Å². The molecule has 0 unspecified atom stereocenters. The summed E-state index contributed by atoms with van der Waals surface area (Å²) in [6, 6.07) is 4.52. The lowest BCUT2D eigenvalue weighted by Crippen LogP contribution is -1.98. The lowest BCUT2D eigenvalue weighted by molar-refractivity contribution is 0.622. The number of anilines is 3. The van der Waals surface area contributed by atoms with Crippen molar-refractivity contribution in [3.63, 3.8) is 0 Å². The number of hydrogen-bond donors (Lipinski definition) is 2. The van der Waals surface area contributed by atoms with Gasteiger partial charge in [0.1, 0.15) is 11.6 Å². The van der Waals surface area contributed by atoms with Crippen LogP contribution in [0.1, 0.15) is 0 Å². The number of nitrogens with two attached hydrogens (primary N) is 1. The molecule has 2 aromatic rings. The Morgan fingerprint density at radius 3 is 2.73 bits per heavy atom. The van der Waals surface area contributed by atoms with Gasteiger partial charge < -0.3 is 11.1 Å². The summed E-state index contributed by atoms with van der Waals surface area (Å²) in [7, 11) is 0. The van der Waals surface area contributed by atoms with Gasteiger partial charge in [0.15, 0.2) is 0 Å². The first kappa shape index (κ1) is 9.39. The highest BCUT2D eigenvalue weighted by atomic mass is 19.1. The SMILES string of the molecule is Nc1ccncc1Nc1ccc(F)cn1. The second-order valence-corrected chi connectivity index (χ2v) is 2.95. The van der Waals surface area contributed by atoms with Crippen LogP contribution in [0.25, 0.3) is 0 Å². The van der Waals surface area contributed by atoms with E-state index in [1.807, 2.05) is 0 Å². The standard InChI is InChI=1S/C10H9FN4/c11-7-1-2-10(14-5-7)15-9-6-13-4-3-8(9)12/h1-6H,(H2,12,13)(H,14,15). The molecule has 3 N–H and O–H groups in total. The predicted octanol–water partition coefficient (Wildman–Crippen LogP) is 1.94. The highest BCUT2D eigenvalue weighted by Gasteiger charge is 1.99. The van der Waals surface area contributed by atoms with E-state index < -0.39 is 0 Å². The van der Waals surface area contributed by atoms with Crippen molar-refractivity contribution in [1.82, 2.24) is 9.97 Å². The van der Waals surface area contributed by atoms with Crippen molar-refractivity contribution in [2.45, 2.75) is 0 Å². The van der Waals surface area contributed by atoms with Crippen molar-refractivity contribution >= 4 is 17.2 Å². The largest absolute Gasteiger partial charge is 0.397 e. The third kappa shape index (κ3) is 2.19. The Balaban J connectivity index is 2.22. The van der Waals surface area contributed by atoms with E-state index in [9.17, 15) is 4.39 Å². The van der Waals surface area contributed by atoms with Crippen LogP contribution in [-0.4, -0.2) is 9.97 Å². The number of aromatic nitrogens is 2. The normalized spacial score (nSPS) is 9.93. The summed E-state index contributed by atoms with van der Waals surface area (Å²) >= 11 is 0. The first-order valence-corrected chi connectivity index (χ1v) is 4.34. The van der Waals surface area contributed by atoms with Crippen molar-refractivity contribution in [2.24, 2.45) is 0 Å². The average Bonchev–Trinajstić information content (AvgIpc) is 2.25. The first-order valence-electron chi connectivity index (χ1n) is 4.34. The van der Waals surface area contributed by atoms with E-state index in [1.165, 1.54) is 12.1 Å². The molecule has 0 saturated carbocycles. The smallest absolute Gasteiger partial charge is 0.141 e. The van der Waals surface area contributed by atoms with Crippen LogP contribution in [0, 0.1) is 5.82 Å². The summed E-state index contributed by atoms with van der Waals surface area (Å²) < 4.78 is 12.6. The van der Waals surface area contributed by atoms with Crippen molar-refractivity contribution in [2.75, 3.05) is 11.1 Å². The minimum absolute atomic E-state index is 0.375. The Bertz CT molecular complexity index is 455. The monoisotopic (exact) mass is 204 g/mol. The third-order valence-electron chi connectivity index (χ3n) is 1.84. The molecule has 0 atom stereocenters. The Hall–Kier alpha value is -2.17. The average molecular weight is 204 g/mol. The summed E-state index contributed by atoms with van der Waals surface area (Å²) in [6.45, 7) is 0. The van der Waals surface area contributed by atoms with Crippen LogP contribution in [0.15, 0.2) is 36.8 Å². The molecule has 2 rings (SSSR count). The van der Waals surface area contributed by atoms with Crippen LogP contribution < -0.4 is 11.1 Å². The molecule has 0 amide bonds. The van der Waals surface area contributed by atoms with Gasteiger partial charge in [-0.3, -0.25) is 4.98 Å². The second-order valence-electron chi connectivity index (χ2n) is 2.95. The lowest BCUT2D eigenvalue weighted by atomic mass is 10.3. The molecule has 0 fully saturated rings. The fourth-order valence-corrected chi connectivity index (χ4v) is 1.10. The molecule has 0 aliphatic carbocycles. The second kappa shape index (κ2) is 3.91. The first-order chi connectivity index (χ1) is 7.25. The zero-order chi connectivity index (χ0) is 10.7. The number of hydrogen-bond acceptors (Lipinski definition) is 4. The summed E-state index contributed by atoms with van der Waals surface area (Å²) in [5, 5.41) is 2.93. The Morgan fingerprint density at radius 1 is 1.20 bits per heavy atom. The zero-order valence-electron chi connectivity index (χ0n) is 7.81. The van der Waals surface area contributed by atoms with Gasteiger partial charge in [0, 0.05) is 6.20 Å². The van der Waals surface area contributed by atoms with E-state index in [0.717, 1.165) is 6.20 Å². The Morgan fingerprint density at radius 2 is 2.07 bits per heavy atom. The predicted molar refractivity (Wildman–Crippen MR) is 56.1 cm³/mol. The quantitative estimate of drug-likeness (QED) is 0.784. The van der Waals surface area contributed by atoms with E-state index in [-0.39, 0.29) is 5.82 Å². The van der Waals surface area contributed by atoms with Crippen LogP contribution in [-0.2, 0) is 0 Å². The summed E-state index contributed by atoms with van der Waals surface area (Å²) in [6.07, 6.45) is 4.31. The molecule has 4 nitrogen and oxygen atoms in total. The van der Waals surface area contributed by atoms with Crippen molar-refractivity contribution in [3.05, 3.63) is 42.6 Å². The molecular weight excluding hydrogens is 195 g/mol. The van der Waals surface area contributed by atoms with Gasteiger partial charge in [0.25, 0.3) is 0 Å². The van der Waals surface area contributed by atoms with Gasteiger partial charge in [-0.05, 0) is 18.2 Å². The number of nitrogen functional groups attached to an aromatic ring is 1. The van der Waals surface area contributed by atoms with Crippen molar-refractivity contribution < 1.29 is 4.39 Å². The van der Waals surface area contributed by atoms with Gasteiger partial charge in [0.05, 0.1) is 23.8 Å². The van der Waals surface area contributed by atoms with Crippen LogP contribution >= 0.6 is 0 Å². The molecule has 0 bridgehead atoms. The Labute approximate surface area is 86.0 Å². The fraction of sp³-hybridized carbons (Fsp3) is 0. The third-order valence-corrected chi connectivity index (χ3v) is 1.84. The fourth-order valence-electron chi connectivity index (χ4n) is 1.10. The van der Waals surface area contributed by atoms with Gasteiger partial charge >= 0.3 is 0 Å².